The van der Waals surface area contributed by atoms with Crippen LogP contribution >= 0.6 is 0 Å². The van der Waals surface area contributed by atoms with Crippen LogP contribution in [0.15, 0.2) is 24.3 Å². The van der Waals surface area contributed by atoms with Gasteiger partial charge in [0.25, 0.3) is 5.91 Å². The molecule has 0 saturated heterocycles. The summed E-state index contributed by atoms with van der Waals surface area (Å²) >= 11 is 0. The number of hydrogen-bond acceptors (Lipinski definition) is 5. The number of aromatic nitrogens is 2. The van der Waals surface area contributed by atoms with E-state index >= 15 is 0 Å². The number of rotatable bonds is 5. The Morgan fingerprint density at radius 3 is 2.58 bits per heavy atom. The minimum absolute atomic E-state index is 0.0673. The number of ether oxygens (including phenoxy) is 1. The third-order valence-electron chi connectivity index (χ3n) is 6.66. The van der Waals surface area contributed by atoms with Gasteiger partial charge in [-0.1, -0.05) is 37.0 Å². The summed E-state index contributed by atoms with van der Waals surface area (Å²) in [6.45, 7) is 7.77. The second-order valence-corrected chi connectivity index (χ2v) is 9.31. The SMILES string of the molecule is CCOC(=O)c1cc2n(n1)C[C@@](C)(C(=O)NC1CCCCC1)N(c1ccc(C)cc1C)C2=O. The summed E-state index contributed by atoms with van der Waals surface area (Å²) in [5.74, 6) is -1.15. The summed E-state index contributed by atoms with van der Waals surface area (Å²) in [4.78, 5) is 41.3. The molecule has 2 aliphatic rings. The fourth-order valence-corrected chi connectivity index (χ4v) is 4.91. The van der Waals surface area contributed by atoms with Gasteiger partial charge in [0.1, 0.15) is 11.2 Å². The second kappa shape index (κ2) is 9.00. The number of carbonyl (C=O) groups is 3. The van der Waals surface area contributed by atoms with Crippen LogP contribution < -0.4 is 10.2 Å². The molecule has 1 fully saturated rings. The van der Waals surface area contributed by atoms with Crippen LogP contribution in [0, 0.1) is 13.8 Å². The Bertz CT molecular complexity index is 1090. The van der Waals surface area contributed by atoms with Crippen LogP contribution in [0.1, 0.15) is 78.1 Å². The number of fused-ring (bicyclic) bond motifs is 1. The molecule has 0 unspecified atom stereocenters. The number of carbonyl (C=O) groups excluding carboxylic acids is 3. The number of nitrogens with one attached hydrogen (secondary N) is 1. The molecule has 1 N–H and O–H groups in total. The first-order valence-electron chi connectivity index (χ1n) is 11.7. The van der Waals surface area contributed by atoms with Crippen LogP contribution in [0.5, 0.6) is 0 Å². The Balaban J connectivity index is 1.77. The molecule has 1 aliphatic heterocycles. The van der Waals surface area contributed by atoms with E-state index in [-0.39, 0.29) is 42.4 Å². The maximum Gasteiger partial charge on any atom is 0.358 e. The molecule has 1 aromatic heterocycles. The van der Waals surface area contributed by atoms with Crippen molar-refractivity contribution in [3.8, 4) is 0 Å². The van der Waals surface area contributed by atoms with Gasteiger partial charge in [-0.05, 0) is 52.2 Å². The van der Waals surface area contributed by atoms with E-state index in [2.05, 4.69) is 10.4 Å². The molecule has 1 atom stereocenters. The highest BCUT2D eigenvalue weighted by atomic mass is 16.5. The zero-order valence-electron chi connectivity index (χ0n) is 19.8. The molecule has 2 heterocycles. The van der Waals surface area contributed by atoms with Crippen molar-refractivity contribution in [2.75, 3.05) is 11.5 Å². The molecule has 8 heteroatoms. The Kier molecular flexibility index (Phi) is 6.28. The van der Waals surface area contributed by atoms with E-state index in [0.717, 1.165) is 36.8 Å². The van der Waals surface area contributed by atoms with Gasteiger partial charge in [0.05, 0.1) is 13.2 Å². The Hall–Kier alpha value is -3.16. The van der Waals surface area contributed by atoms with Crippen molar-refractivity contribution in [3.05, 3.63) is 46.8 Å². The van der Waals surface area contributed by atoms with Crippen molar-refractivity contribution < 1.29 is 19.1 Å². The van der Waals surface area contributed by atoms with Crippen molar-refractivity contribution in [1.82, 2.24) is 15.1 Å². The number of amides is 2. The van der Waals surface area contributed by atoms with E-state index in [0.29, 0.717) is 5.69 Å². The second-order valence-electron chi connectivity index (χ2n) is 9.31. The summed E-state index contributed by atoms with van der Waals surface area (Å²) < 4.78 is 6.53. The Morgan fingerprint density at radius 2 is 1.91 bits per heavy atom. The monoisotopic (exact) mass is 452 g/mol. The standard InChI is InChI=1S/C25H32N4O4/c1-5-33-23(31)19-14-21-22(30)29(20-12-11-16(2)13-17(20)3)25(4,15-28(21)27-19)24(32)26-18-9-7-6-8-10-18/h11-14,18H,5-10,15H2,1-4H3,(H,26,32)/t25-/m0/s1. The summed E-state index contributed by atoms with van der Waals surface area (Å²) in [5, 5.41) is 7.52. The maximum atomic E-state index is 13.8. The van der Waals surface area contributed by atoms with Crippen molar-refractivity contribution in [2.24, 2.45) is 0 Å². The molecule has 0 bridgehead atoms. The van der Waals surface area contributed by atoms with Gasteiger partial charge in [-0.25, -0.2) is 4.79 Å². The minimum Gasteiger partial charge on any atom is -0.461 e. The average Bonchev–Trinajstić information content (AvgIpc) is 3.20. The average molecular weight is 453 g/mol. The number of aryl methyl sites for hydroxylation is 2. The van der Waals surface area contributed by atoms with Crippen molar-refractivity contribution in [1.29, 1.82) is 0 Å². The quantitative estimate of drug-likeness (QED) is 0.701. The first kappa shape index (κ1) is 23.0. The van der Waals surface area contributed by atoms with Gasteiger partial charge in [0.2, 0.25) is 5.91 Å². The highest BCUT2D eigenvalue weighted by molar-refractivity contribution is 6.12. The fraction of sp³-hybridized carbons (Fsp3) is 0.520. The summed E-state index contributed by atoms with van der Waals surface area (Å²) in [6, 6.07) is 7.37. The van der Waals surface area contributed by atoms with Gasteiger partial charge in [0.15, 0.2) is 5.69 Å². The third-order valence-corrected chi connectivity index (χ3v) is 6.66. The summed E-state index contributed by atoms with van der Waals surface area (Å²) in [6.07, 6.45) is 5.25. The van der Waals surface area contributed by atoms with Crippen molar-refractivity contribution in [3.63, 3.8) is 0 Å². The largest absolute Gasteiger partial charge is 0.461 e. The van der Waals surface area contributed by atoms with Crippen molar-refractivity contribution >= 4 is 23.5 Å². The molecule has 0 radical (unpaired) electrons. The Labute approximate surface area is 194 Å². The smallest absolute Gasteiger partial charge is 0.358 e. The Morgan fingerprint density at radius 1 is 1.18 bits per heavy atom. The molecule has 1 aliphatic carbocycles. The lowest BCUT2D eigenvalue weighted by Gasteiger charge is -2.44. The van der Waals surface area contributed by atoms with Crippen LogP contribution in [0.4, 0.5) is 5.69 Å². The highest BCUT2D eigenvalue weighted by Crippen LogP contribution is 2.35. The van der Waals surface area contributed by atoms with E-state index in [4.69, 9.17) is 4.74 Å². The van der Waals surface area contributed by atoms with Gasteiger partial charge in [0, 0.05) is 17.8 Å². The van der Waals surface area contributed by atoms with Gasteiger partial charge in [-0.3, -0.25) is 19.2 Å². The van der Waals surface area contributed by atoms with Crippen molar-refractivity contribution in [2.45, 2.75) is 77.9 Å². The molecular weight excluding hydrogens is 420 g/mol. The van der Waals surface area contributed by atoms with E-state index in [9.17, 15) is 14.4 Å². The van der Waals surface area contributed by atoms with Gasteiger partial charge < -0.3 is 10.1 Å². The van der Waals surface area contributed by atoms with E-state index in [1.165, 1.54) is 17.2 Å². The van der Waals surface area contributed by atoms with Crippen LogP contribution in [0.2, 0.25) is 0 Å². The molecule has 1 saturated carbocycles. The lowest BCUT2D eigenvalue weighted by Crippen LogP contribution is -2.65. The lowest BCUT2D eigenvalue weighted by atomic mass is 9.90. The van der Waals surface area contributed by atoms with Gasteiger partial charge in [-0.2, -0.15) is 5.10 Å². The number of hydrogen-bond donors (Lipinski definition) is 1. The zero-order valence-corrected chi connectivity index (χ0v) is 19.8. The molecular formula is C25H32N4O4. The van der Waals surface area contributed by atoms with Gasteiger partial charge in [-0.15, -0.1) is 0 Å². The molecule has 4 rings (SSSR count). The number of esters is 1. The first-order chi connectivity index (χ1) is 15.7. The van der Waals surface area contributed by atoms with Crippen LogP contribution in [0.3, 0.4) is 0 Å². The van der Waals surface area contributed by atoms with Crippen LogP contribution in [-0.4, -0.2) is 45.8 Å². The zero-order chi connectivity index (χ0) is 23.8. The molecule has 2 aromatic rings. The maximum absolute atomic E-state index is 13.8. The fourth-order valence-electron chi connectivity index (χ4n) is 4.91. The molecule has 8 nitrogen and oxygen atoms in total. The molecule has 33 heavy (non-hydrogen) atoms. The number of benzene rings is 1. The van der Waals surface area contributed by atoms with E-state index < -0.39 is 11.5 Å². The highest BCUT2D eigenvalue weighted by Gasteiger charge is 2.50. The normalized spacial score (nSPS) is 21.0. The summed E-state index contributed by atoms with van der Waals surface area (Å²) in [7, 11) is 0. The minimum atomic E-state index is -1.21. The molecule has 1 aromatic carbocycles. The van der Waals surface area contributed by atoms with E-state index in [1.807, 2.05) is 32.0 Å². The first-order valence-corrected chi connectivity index (χ1v) is 11.7. The molecule has 176 valence electrons. The third kappa shape index (κ3) is 4.26. The predicted octanol–water partition coefficient (Wildman–Crippen LogP) is 3.54. The lowest BCUT2D eigenvalue weighted by molar-refractivity contribution is -0.127. The van der Waals surface area contributed by atoms with Gasteiger partial charge >= 0.3 is 5.97 Å². The number of anilines is 1. The topological polar surface area (TPSA) is 93.5 Å². The summed E-state index contributed by atoms with van der Waals surface area (Å²) in [5.41, 5.74) is 1.78. The van der Waals surface area contributed by atoms with Crippen LogP contribution in [0.25, 0.3) is 0 Å². The van der Waals surface area contributed by atoms with Crippen LogP contribution in [-0.2, 0) is 16.1 Å². The molecule has 2 amide bonds. The number of nitrogens with zero attached hydrogens (tertiary/aromatic N) is 3. The van der Waals surface area contributed by atoms with E-state index in [1.54, 1.807) is 18.7 Å². The predicted molar refractivity (Wildman–Crippen MR) is 124 cm³/mol. The molecule has 0 spiro atoms.